The summed E-state index contributed by atoms with van der Waals surface area (Å²) < 4.78 is 3.81. The molecule has 1 aromatic carbocycles. The third-order valence-electron chi connectivity index (χ3n) is 6.62. The minimum atomic E-state index is -0.691. The minimum absolute atomic E-state index is 0.0747. The number of hydrogen-bond acceptors (Lipinski definition) is 5. The number of likely N-dealkylation sites (tertiary alicyclic amines) is 1. The summed E-state index contributed by atoms with van der Waals surface area (Å²) in [6.07, 6.45) is 7.79. The Morgan fingerprint density at radius 1 is 1.03 bits per heavy atom. The second-order valence-electron chi connectivity index (χ2n) is 8.99. The van der Waals surface area contributed by atoms with E-state index in [1.165, 1.54) is 0 Å². The molecule has 1 fully saturated rings. The van der Waals surface area contributed by atoms with Gasteiger partial charge in [-0.3, -0.25) is 9.59 Å². The van der Waals surface area contributed by atoms with E-state index in [0.29, 0.717) is 36.5 Å². The molecule has 178 valence electrons. The molecule has 1 atom stereocenters. The smallest absolute Gasteiger partial charge is 0.295 e. The van der Waals surface area contributed by atoms with Crippen molar-refractivity contribution >= 4 is 23.1 Å². The first-order valence-corrected chi connectivity index (χ1v) is 11.6. The van der Waals surface area contributed by atoms with Gasteiger partial charge in [0.2, 0.25) is 0 Å². The lowest BCUT2D eigenvalue weighted by atomic mass is 9.95. The van der Waals surface area contributed by atoms with Crippen molar-refractivity contribution in [3.8, 4) is 0 Å². The predicted molar refractivity (Wildman–Crippen MR) is 132 cm³/mol. The van der Waals surface area contributed by atoms with Gasteiger partial charge in [0.1, 0.15) is 11.3 Å². The summed E-state index contributed by atoms with van der Waals surface area (Å²) in [5, 5.41) is 11.5. The molecule has 8 nitrogen and oxygen atoms in total. The van der Waals surface area contributed by atoms with Gasteiger partial charge in [0, 0.05) is 31.7 Å². The van der Waals surface area contributed by atoms with Crippen LogP contribution < -0.4 is 0 Å². The highest BCUT2D eigenvalue weighted by molar-refractivity contribution is 6.46. The average Bonchev–Trinajstić information content (AvgIpc) is 3.54. The van der Waals surface area contributed by atoms with Gasteiger partial charge < -0.3 is 19.0 Å². The van der Waals surface area contributed by atoms with Crippen molar-refractivity contribution in [2.75, 3.05) is 6.54 Å². The Hall–Kier alpha value is -4.20. The van der Waals surface area contributed by atoms with Crippen LogP contribution in [0.1, 0.15) is 40.5 Å². The van der Waals surface area contributed by atoms with Crippen LogP contribution in [-0.2, 0) is 16.1 Å². The van der Waals surface area contributed by atoms with Gasteiger partial charge in [-0.05, 0) is 44.4 Å². The molecule has 5 rings (SSSR count). The number of aryl methyl sites for hydroxylation is 4. The van der Waals surface area contributed by atoms with Crippen LogP contribution in [0.2, 0.25) is 0 Å². The topological polar surface area (TPSA) is 92.7 Å². The number of carbonyl (C=O) groups is 2. The largest absolute Gasteiger partial charge is 0.505 e. The number of Topliss-reactive ketones (excluding diaryl/α,β-unsaturated/α-hetero) is 1. The Labute approximate surface area is 203 Å². The summed E-state index contributed by atoms with van der Waals surface area (Å²) in [6.45, 7) is 6.79. The van der Waals surface area contributed by atoms with Gasteiger partial charge in [-0.1, -0.05) is 35.9 Å². The van der Waals surface area contributed by atoms with Crippen LogP contribution in [0.3, 0.4) is 0 Å². The van der Waals surface area contributed by atoms with Crippen LogP contribution in [0.15, 0.2) is 66.9 Å². The van der Waals surface area contributed by atoms with Gasteiger partial charge in [0.15, 0.2) is 5.76 Å². The number of nitrogens with zero attached hydrogens (tertiary/aromatic N) is 5. The van der Waals surface area contributed by atoms with Crippen molar-refractivity contribution in [1.82, 2.24) is 23.8 Å². The molecule has 1 aliphatic heterocycles. The Bertz CT molecular complexity index is 1450. The molecule has 1 saturated heterocycles. The lowest BCUT2D eigenvalue weighted by molar-refractivity contribution is -0.139. The van der Waals surface area contributed by atoms with Gasteiger partial charge in [-0.2, -0.15) is 0 Å². The highest BCUT2D eigenvalue weighted by Crippen LogP contribution is 2.40. The van der Waals surface area contributed by atoms with Gasteiger partial charge >= 0.3 is 0 Å². The molecule has 8 heteroatoms. The molecule has 0 saturated carbocycles. The van der Waals surface area contributed by atoms with Crippen LogP contribution in [-0.4, -0.2) is 47.2 Å². The Kier molecular flexibility index (Phi) is 5.72. The van der Waals surface area contributed by atoms with Crippen LogP contribution >= 0.6 is 0 Å². The van der Waals surface area contributed by atoms with E-state index in [0.717, 1.165) is 16.7 Å². The van der Waals surface area contributed by atoms with Crippen molar-refractivity contribution in [2.45, 2.75) is 39.8 Å². The Balaban J connectivity index is 1.60. The highest BCUT2D eigenvalue weighted by Gasteiger charge is 2.46. The quantitative estimate of drug-likeness (QED) is 0.262. The molecule has 35 heavy (non-hydrogen) atoms. The summed E-state index contributed by atoms with van der Waals surface area (Å²) in [5.41, 5.74) is 4.58. The second kappa shape index (κ2) is 8.87. The maximum atomic E-state index is 13.3. The standard InChI is InChI=1S/C27H27N5O3/c1-17-7-9-20(10-8-17)23-21(24(33)22-19(3)31-13-4-6-18(2)26(31)29-22)25(34)27(35)32(23)14-5-12-30-15-11-28-16-30/h4,6-11,13,15-16,23,33H,5,12,14H2,1-3H3. The molecule has 4 heterocycles. The predicted octanol–water partition coefficient (Wildman–Crippen LogP) is 3.97. The lowest BCUT2D eigenvalue weighted by Gasteiger charge is -2.25. The Morgan fingerprint density at radius 3 is 2.49 bits per heavy atom. The maximum absolute atomic E-state index is 13.3. The molecule has 1 unspecified atom stereocenters. The summed E-state index contributed by atoms with van der Waals surface area (Å²) in [5.74, 6) is -1.55. The number of ketones is 1. The number of aliphatic hydroxyl groups is 1. The number of rotatable bonds is 6. The second-order valence-corrected chi connectivity index (χ2v) is 8.99. The molecule has 0 bridgehead atoms. The fourth-order valence-corrected chi connectivity index (χ4v) is 4.72. The zero-order chi connectivity index (χ0) is 24.7. The number of benzene rings is 1. The monoisotopic (exact) mass is 469 g/mol. The van der Waals surface area contributed by atoms with E-state index < -0.39 is 17.7 Å². The van der Waals surface area contributed by atoms with Gasteiger partial charge in [-0.25, -0.2) is 9.97 Å². The molecule has 1 aliphatic rings. The number of aliphatic hydroxyl groups excluding tert-OH is 1. The average molecular weight is 470 g/mol. The molecule has 1 amide bonds. The number of carbonyl (C=O) groups excluding carboxylic acids is 2. The molecule has 0 spiro atoms. The van der Waals surface area contributed by atoms with Crippen molar-refractivity contribution in [3.63, 3.8) is 0 Å². The molecule has 1 N–H and O–H groups in total. The third-order valence-corrected chi connectivity index (χ3v) is 6.62. The molecule has 0 aliphatic carbocycles. The fraction of sp³-hybridized carbons (Fsp3) is 0.259. The highest BCUT2D eigenvalue weighted by atomic mass is 16.3. The lowest BCUT2D eigenvalue weighted by Crippen LogP contribution is -2.31. The summed E-state index contributed by atoms with van der Waals surface area (Å²) in [6, 6.07) is 10.9. The maximum Gasteiger partial charge on any atom is 0.295 e. The number of pyridine rings is 1. The molecule has 3 aromatic heterocycles. The normalized spacial score (nSPS) is 17.6. The fourth-order valence-electron chi connectivity index (χ4n) is 4.72. The van der Waals surface area contributed by atoms with E-state index in [1.807, 2.05) is 78.5 Å². The van der Waals surface area contributed by atoms with E-state index in [9.17, 15) is 14.7 Å². The van der Waals surface area contributed by atoms with Gasteiger partial charge in [0.25, 0.3) is 11.7 Å². The van der Waals surface area contributed by atoms with E-state index in [4.69, 9.17) is 0 Å². The minimum Gasteiger partial charge on any atom is -0.505 e. The number of imidazole rings is 2. The molecule has 0 radical (unpaired) electrons. The zero-order valence-electron chi connectivity index (χ0n) is 20.0. The summed E-state index contributed by atoms with van der Waals surface area (Å²) in [4.78, 5) is 36.8. The van der Waals surface area contributed by atoms with E-state index in [1.54, 1.807) is 17.4 Å². The van der Waals surface area contributed by atoms with E-state index in [-0.39, 0.29) is 11.3 Å². The van der Waals surface area contributed by atoms with Crippen molar-refractivity contribution in [2.24, 2.45) is 0 Å². The van der Waals surface area contributed by atoms with Crippen LogP contribution in [0.25, 0.3) is 11.4 Å². The number of hydrogen-bond donors (Lipinski definition) is 1. The first-order chi connectivity index (χ1) is 16.9. The number of aromatic nitrogens is 4. The van der Waals surface area contributed by atoms with Crippen molar-refractivity contribution < 1.29 is 14.7 Å². The Morgan fingerprint density at radius 2 is 1.80 bits per heavy atom. The van der Waals surface area contributed by atoms with Crippen molar-refractivity contribution in [3.05, 3.63) is 95.0 Å². The molecular formula is C27H27N5O3. The summed E-state index contributed by atoms with van der Waals surface area (Å²) in [7, 11) is 0. The first kappa shape index (κ1) is 22.6. The van der Waals surface area contributed by atoms with Gasteiger partial charge in [-0.15, -0.1) is 0 Å². The van der Waals surface area contributed by atoms with Crippen molar-refractivity contribution in [1.29, 1.82) is 0 Å². The molecule has 4 aromatic rings. The zero-order valence-corrected chi connectivity index (χ0v) is 20.0. The van der Waals surface area contributed by atoms with Crippen LogP contribution in [0, 0.1) is 20.8 Å². The van der Waals surface area contributed by atoms with E-state index in [2.05, 4.69) is 9.97 Å². The number of fused-ring (bicyclic) bond motifs is 1. The van der Waals surface area contributed by atoms with Crippen LogP contribution in [0.4, 0.5) is 0 Å². The summed E-state index contributed by atoms with van der Waals surface area (Å²) >= 11 is 0. The van der Waals surface area contributed by atoms with Crippen LogP contribution in [0.5, 0.6) is 0 Å². The molecular weight excluding hydrogens is 442 g/mol. The first-order valence-electron chi connectivity index (χ1n) is 11.6. The van der Waals surface area contributed by atoms with E-state index >= 15 is 0 Å². The number of amides is 1. The SMILES string of the molecule is Cc1ccc(C2C(=C(O)c3nc4c(C)cccn4c3C)C(=O)C(=O)N2CCCn2ccnc2)cc1. The van der Waals surface area contributed by atoms with Gasteiger partial charge in [0.05, 0.1) is 23.6 Å². The third kappa shape index (κ3) is 3.90.